The molecule has 15 heavy (non-hydrogen) atoms. The Hall–Kier alpha value is -1.57. The lowest BCUT2D eigenvalue weighted by Gasteiger charge is -2.06. The van der Waals surface area contributed by atoms with Crippen LogP contribution < -0.4 is 0 Å². The van der Waals surface area contributed by atoms with E-state index < -0.39 is 0 Å². The average molecular weight is 204 g/mol. The molecule has 2 heteroatoms. The third-order valence-electron chi connectivity index (χ3n) is 2.28. The number of rotatable bonds is 4. The van der Waals surface area contributed by atoms with Crippen LogP contribution in [0, 0.1) is 20.8 Å². The normalized spacial score (nSPS) is 10.6. The van der Waals surface area contributed by atoms with Gasteiger partial charge in [-0.2, -0.15) is 0 Å². The fourth-order valence-corrected chi connectivity index (χ4v) is 1.71. The maximum atomic E-state index is 9.94. The van der Waals surface area contributed by atoms with Gasteiger partial charge in [0.05, 0.1) is 0 Å². The molecule has 1 rings (SSSR count). The Balaban J connectivity index is 2.85. The summed E-state index contributed by atoms with van der Waals surface area (Å²) in [4.78, 5) is 9.94. The standard InChI is InChI=1S/C13H16O2/c1-10-7-11(2)13(12(3)8-10)5-4-6-15-9-14/h4-5,7-9H,6H2,1-3H3/b5-4+. The summed E-state index contributed by atoms with van der Waals surface area (Å²) in [5, 5.41) is 0. The van der Waals surface area contributed by atoms with Gasteiger partial charge in [-0.3, -0.25) is 4.79 Å². The van der Waals surface area contributed by atoms with E-state index in [1.165, 1.54) is 22.3 Å². The summed E-state index contributed by atoms with van der Waals surface area (Å²) in [5.41, 5.74) is 4.96. The van der Waals surface area contributed by atoms with Gasteiger partial charge in [-0.25, -0.2) is 0 Å². The predicted molar refractivity (Wildman–Crippen MR) is 61.7 cm³/mol. The highest BCUT2D eigenvalue weighted by Gasteiger charge is 1.99. The van der Waals surface area contributed by atoms with Crippen molar-refractivity contribution in [2.24, 2.45) is 0 Å². The lowest BCUT2D eigenvalue weighted by Crippen LogP contribution is -1.90. The first kappa shape index (κ1) is 11.5. The molecule has 1 aromatic carbocycles. The zero-order chi connectivity index (χ0) is 11.3. The maximum absolute atomic E-state index is 9.94. The predicted octanol–water partition coefficient (Wildman–Crippen LogP) is 2.80. The molecule has 1 aromatic rings. The van der Waals surface area contributed by atoms with E-state index in [4.69, 9.17) is 0 Å². The summed E-state index contributed by atoms with van der Waals surface area (Å²) < 4.78 is 4.59. The van der Waals surface area contributed by atoms with Crippen molar-refractivity contribution in [1.29, 1.82) is 0 Å². The first-order valence-electron chi connectivity index (χ1n) is 4.95. The molecule has 0 heterocycles. The van der Waals surface area contributed by atoms with E-state index in [-0.39, 0.29) is 0 Å². The van der Waals surface area contributed by atoms with E-state index in [1.807, 2.05) is 12.2 Å². The molecule has 80 valence electrons. The molecule has 0 saturated heterocycles. The summed E-state index contributed by atoms with van der Waals surface area (Å²) in [5.74, 6) is 0. The monoisotopic (exact) mass is 204 g/mol. The number of hydrogen-bond donors (Lipinski definition) is 0. The minimum atomic E-state index is 0.330. The van der Waals surface area contributed by atoms with E-state index in [9.17, 15) is 4.79 Å². The van der Waals surface area contributed by atoms with Crippen LogP contribution in [0.3, 0.4) is 0 Å². The number of ether oxygens (including phenoxy) is 1. The van der Waals surface area contributed by atoms with Crippen LogP contribution in [0.5, 0.6) is 0 Å². The van der Waals surface area contributed by atoms with Gasteiger partial charge in [0.1, 0.15) is 6.61 Å². The molecule has 0 amide bonds. The number of aryl methyl sites for hydroxylation is 3. The molecule has 0 aromatic heterocycles. The Morgan fingerprint density at radius 2 is 1.80 bits per heavy atom. The Morgan fingerprint density at radius 3 is 2.33 bits per heavy atom. The minimum Gasteiger partial charge on any atom is -0.464 e. The first-order valence-corrected chi connectivity index (χ1v) is 4.95. The molecule has 0 bridgehead atoms. The van der Waals surface area contributed by atoms with Crippen molar-refractivity contribution in [3.05, 3.63) is 40.5 Å². The number of hydrogen-bond acceptors (Lipinski definition) is 2. The summed E-state index contributed by atoms with van der Waals surface area (Å²) in [6, 6.07) is 4.29. The van der Waals surface area contributed by atoms with Crippen molar-refractivity contribution < 1.29 is 9.53 Å². The van der Waals surface area contributed by atoms with Crippen LogP contribution in [-0.2, 0) is 9.53 Å². The van der Waals surface area contributed by atoms with Gasteiger partial charge < -0.3 is 4.74 Å². The molecule has 0 aliphatic rings. The number of carbonyl (C=O) groups is 1. The molecule has 0 radical (unpaired) electrons. The third-order valence-corrected chi connectivity index (χ3v) is 2.28. The zero-order valence-electron chi connectivity index (χ0n) is 9.41. The third kappa shape index (κ3) is 3.24. The zero-order valence-corrected chi connectivity index (χ0v) is 9.41. The van der Waals surface area contributed by atoms with Crippen LogP contribution in [0.2, 0.25) is 0 Å². The molecule has 0 fully saturated rings. The van der Waals surface area contributed by atoms with Crippen LogP contribution in [0.1, 0.15) is 22.3 Å². The van der Waals surface area contributed by atoms with E-state index >= 15 is 0 Å². The Morgan fingerprint density at radius 1 is 1.20 bits per heavy atom. The molecular weight excluding hydrogens is 188 g/mol. The molecule has 0 unspecified atom stereocenters. The molecule has 0 aliphatic carbocycles. The highest BCUT2D eigenvalue weighted by atomic mass is 16.5. The Kier molecular flexibility index (Phi) is 4.10. The van der Waals surface area contributed by atoms with Gasteiger partial charge >= 0.3 is 0 Å². The van der Waals surface area contributed by atoms with Gasteiger partial charge in [0, 0.05) is 0 Å². The van der Waals surface area contributed by atoms with Crippen LogP contribution >= 0.6 is 0 Å². The van der Waals surface area contributed by atoms with Crippen molar-refractivity contribution in [2.75, 3.05) is 6.61 Å². The minimum absolute atomic E-state index is 0.330. The summed E-state index contributed by atoms with van der Waals surface area (Å²) >= 11 is 0. The molecule has 0 N–H and O–H groups in total. The molecule has 0 aliphatic heterocycles. The van der Waals surface area contributed by atoms with Crippen molar-refractivity contribution in [3.63, 3.8) is 0 Å². The highest BCUT2D eigenvalue weighted by molar-refractivity contribution is 5.58. The van der Waals surface area contributed by atoms with Crippen LogP contribution in [-0.4, -0.2) is 13.1 Å². The summed E-state index contributed by atoms with van der Waals surface area (Å²) in [6.07, 6.45) is 3.84. The SMILES string of the molecule is Cc1cc(C)c(/C=C/COC=O)c(C)c1. The average Bonchev–Trinajstić information content (AvgIpc) is 2.15. The van der Waals surface area contributed by atoms with Crippen molar-refractivity contribution >= 4 is 12.5 Å². The molecule has 2 nitrogen and oxygen atoms in total. The molecular formula is C13H16O2. The second kappa shape index (κ2) is 5.35. The van der Waals surface area contributed by atoms with E-state index in [2.05, 4.69) is 37.6 Å². The maximum Gasteiger partial charge on any atom is 0.293 e. The van der Waals surface area contributed by atoms with Gasteiger partial charge in [-0.15, -0.1) is 0 Å². The largest absolute Gasteiger partial charge is 0.464 e. The Bertz CT molecular complexity index is 355. The molecule has 0 saturated carbocycles. The van der Waals surface area contributed by atoms with Crippen molar-refractivity contribution in [1.82, 2.24) is 0 Å². The second-order valence-electron chi connectivity index (χ2n) is 3.64. The molecule has 0 spiro atoms. The van der Waals surface area contributed by atoms with Crippen LogP contribution in [0.4, 0.5) is 0 Å². The Labute approximate surface area is 90.6 Å². The highest BCUT2D eigenvalue weighted by Crippen LogP contribution is 2.17. The number of carbonyl (C=O) groups excluding carboxylic acids is 1. The summed E-state index contributed by atoms with van der Waals surface area (Å²) in [7, 11) is 0. The van der Waals surface area contributed by atoms with Crippen molar-refractivity contribution in [2.45, 2.75) is 20.8 Å². The van der Waals surface area contributed by atoms with Crippen LogP contribution in [0.15, 0.2) is 18.2 Å². The van der Waals surface area contributed by atoms with Crippen LogP contribution in [0.25, 0.3) is 6.08 Å². The van der Waals surface area contributed by atoms with E-state index in [0.29, 0.717) is 13.1 Å². The second-order valence-corrected chi connectivity index (χ2v) is 3.64. The fourth-order valence-electron chi connectivity index (χ4n) is 1.71. The van der Waals surface area contributed by atoms with Gasteiger partial charge in [0.25, 0.3) is 6.47 Å². The summed E-state index contributed by atoms with van der Waals surface area (Å²) in [6.45, 7) is 7.04. The van der Waals surface area contributed by atoms with E-state index in [1.54, 1.807) is 0 Å². The van der Waals surface area contributed by atoms with Gasteiger partial charge in [-0.1, -0.05) is 23.8 Å². The lowest BCUT2D eigenvalue weighted by molar-refractivity contribution is -0.127. The smallest absolute Gasteiger partial charge is 0.293 e. The molecule has 0 atom stereocenters. The van der Waals surface area contributed by atoms with Gasteiger partial charge in [0.2, 0.25) is 0 Å². The van der Waals surface area contributed by atoms with E-state index in [0.717, 1.165) is 0 Å². The van der Waals surface area contributed by atoms with Crippen molar-refractivity contribution in [3.8, 4) is 0 Å². The van der Waals surface area contributed by atoms with Gasteiger partial charge in [-0.05, 0) is 43.5 Å². The number of benzene rings is 1. The quantitative estimate of drug-likeness (QED) is 0.557. The fraction of sp³-hybridized carbons (Fsp3) is 0.308. The first-order chi connectivity index (χ1) is 7.15. The lowest BCUT2D eigenvalue weighted by atomic mass is 9.99. The van der Waals surface area contributed by atoms with Gasteiger partial charge in [0.15, 0.2) is 0 Å². The topological polar surface area (TPSA) is 26.3 Å².